The van der Waals surface area contributed by atoms with E-state index >= 15 is 0 Å². The second-order valence-corrected chi connectivity index (χ2v) is 6.45. The molecule has 1 heterocycles. The number of carbonyl (C=O) groups is 1. The lowest BCUT2D eigenvalue weighted by Crippen LogP contribution is -2.37. The minimum atomic E-state index is -0.262. The minimum absolute atomic E-state index is 0.257. The number of aromatic nitrogens is 1. The topological polar surface area (TPSA) is 65.8 Å². The number of hydrogen-bond acceptors (Lipinski definition) is 3. The number of aryl methyl sites for hydroxylation is 1. The summed E-state index contributed by atoms with van der Waals surface area (Å²) in [6.45, 7) is 6.24. The van der Waals surface area contributed by atoms with Gasteiger partial charge in [0.1, 0.15) is 11.8 Å². The van der Waals surface area contributed by atoms with Gasteiger partial charge in [0, 0.05) is 17.0 Å². The summed E-state index contributed by atoms with van der Waals surface area (Å²) in [4.78, 5) is 16.4. The van der Waals surface area contributed by atoms with E-state index in [9.17, 15) is 4.79 Å². The molecule has 0 atom stereocenters. The third-order valence-corrected chi connectivity index (χ3v) is 3.97. The van der Waals surface area contributed by atoms with E-state index in [0.717, 1.165) is 5.56 Å². The highest BCUT2D eigenvalue weighted by molar-refractivity contribution is 6.30. The second kappa shape index (κ2) is 6.80. The first kappa shape index (κ1) is 17.0. The summed E-state index contributed by atoms with van der Waals surface area (Å²) in [5, 5.41) is 12.5. The molecule has 1 aromatic heterocycles. The van der Waals surface area contributed by atoms with E-state index in [2.05, 4.69) is 10.3 Å². The number of amides is 1. The van der Waals surface area contributed by atoms with Gasteiger partial charge < -0.3 is 5.32 Å². The first-order chi connectivity index (χ1) is 10.8. The van der Waals surface area contributed by atoms with Gasteiger partial charge >= 0.3 is 0 Å². The molecule has 0 aliphatic carbocycles. The van der Waals surface area contributed by atoms with E-state index in [4.69, 9.17) is 16.9 Å². The fourth-order valence-corrected chi connectivity index (χ4v) is 2.40. The van der Waals surface area contributed by atoms with Gasteiger partial charge in [0.25, 0.3) is 5.91 Å². The number of nitrogens with zero attached hydrogens (tertiary/aromatic N) is 2. The lowest BCUT2D eigenvalue weighted by molar-refractivity contribution is 0.0940. The Kier molecular flexibility index (Phi) is 5.02. The number of hydrogen-bond donors (Lipinski definition) is 1. The summed E-state index contributed by atoms with van der Waals surface area (Å²) in [6.07, 6.45) is 0. The van der Waals surface area contributed by atoms with Crippen molar-refractivity contribution in [2.45, 2.75) is 26.2 Å². The van der Waals surface area contributed by atoms with Gasteiger partial charge in [-0.25, -0.2) is 4.98 Å². The Morgan fingerprint density at radius 1 is 1.35 bits per heavy atom. The molecule has 0 radical (unpaired) electrons. The van der Waals surface area contributed by atoms with Crippen molar-refractivity contribution in [3.05, 3.63) is 63.9 Å². The standard InChI is InChI=1S/C18H18ClN3O/c1-12-13(10-20)7-8-16(22-12)17(23)21-11-18(2,3)14-5-4-6-15(19)9-14/h4-9H,11H2,1-3H3,(H,21,23). The van der Waals surface area contributed by atoms with Crippen LogP contribution in [0.3, 0.4) is 0 Å². The third kappa shape index (κ3) is 4.08. The highest BCUT2D eigenvalue weighted by Crippen LogP contribution is 2.24. The Morgan fingerprint density at radius 2 is 2.09 bits per heavy atom. The highest BCUT2D eigenvalue weighted by atomic mass is 35.5. The van der Waals surface area contributed by atoms with Gasteiger partial charge in [-0.3, -0.25) is 4.79 Å². The number of rotatable bonds is 4. The van der Waals surface area contributed by atoms with Crippen LogP contribution < -0.4 is 5.32 Å². The zero-order chi connectivity index (χ0) is 17.0. The fourth-order valence-electron chi connectivity index (χ4n) is 2.21. The molecule has 1 aromatic carbocycles. The Labute approximate surface area is 141 Å². The maximum atomic E-state index is 12.3. The summed E-state index contributed by atoms with van der Waals surface area (Å²) in [5.41, 5.74) is 2.12. The number of nitriles is 1. The van der Waals surface area contributed by atoms with Gasteiger partial charge in [-0.2, -0.15) is 5.26 Å². The Morgan fingerprint density at radius 3 is 2.70 bits per heavy atom. The van der Waals surface area contributed by atoms with Crippen LogP contribution in [0.4, 0.5) is 0 Å². The number of nitrogens with one attached hydrogen (secondary N) is 1. The van der Waals surface area contributed by atoms with Crippen LogP contribution in [0.2, 0.25) is 5.02 Å². The number of benzene rings is 1. The van der Waals surface area contributed by atoms with E-state index in [0.29, 0.717) is 28.5 Å². The Hall–Kier alpha value is -2.38. The number of halogens is 1. The summed E-state index contributed by atoms with van der Waals surface area (Å²) in [7, 11) is 0. The molecule has 5 heteroatoms. The van der Waals surface area contributed by atoms with Crippen molar-refractivity contribution in [1.82, 2.24) is 10.3 Å². The van der Waals surface area contributed by atoms with Crippen LogP contribution in [0.1, 0.15) is 41.2 Å². The molecule has 0 saturated heterocycles. The molecule has 0 spiro atoms. The van der Waals surface area contributed by atoms with Crippen LogP contribution in [-0.2, 0) is 5.41 Å². The third-order valence-electron chi connectivity index (χ3n) is 3.74. The average molecular weight is 328 g/mol. The van der Waals surface area contributed by atoms with E-state index in [1.54, 1.807) is 19.1 Å². The van der Waals surface area contributed by atoms with E-state index in [1.165, 1.54) is 0 Å². The Bertz CT molecular complexity index is 778. The van der Waals surface area contributed by atoms with Gasteiger partial charge in [-0.1, -0.05) is 37.6 Å². The van der Waals surface area contributed by atoms with Crippen molar-refractivity contribution in [1.29, 1.82) is 5.26 Å². The van der Waals surface area contributed by atoms with Crippen molar-refractivity contribution in [2.24, 2.45) is 0 Å². The normalized spacial score (nSPS) is 10.9. The van der Waals surface area contributed by atoms with Gasteiger partial charge in [0.15, 0.2) is 0 Å². The van der Waals surface area contributed by atoms with Gasteiger partial charge in [0.2, 0.25) is 0 Å². The summed E-state index contributed by atoms with van der Waals surface area (Å²) >= 11 is 6.03. The monoisotopic (exact) mass is 327 g/mol. The van der Waals surface area contributed by atoms with Gasteiger partial charge in [-0.15, -0.1) is 0 Å². The largest absolute Gasteiger partial charge is 0.350 e. The molecular formula is C18H18ClN3O. The number of carbonyl (C=O) groups excluding carboxylic acids is 1. The lowest BCUT2D eigenvalue weighted by atomic mass is 9.84. The molecule has 2 rings (SSSR count). The SMILES string of the molecule is Cc1nc(C(=O)NCC(C)(C)c2cccc(Cl)c2)ccc1C#N. The molecule has 118 valence electrons. The lowest BCUT2D eigenvalue weighted by Gasteiger charge is -2.25. The zero-order valence-corrected chi connectivity index (χ0v) is 14.1. The molecule has 1 N–H and O–H groups in total. The predicted molar refractivity (Wildman–Crippen MR) is 90.5 cm³/mol. The number of pyridine rings is 1. The van der Waals surface area contributed by atoms with Gasteiger partial charge in [0.05, 0.1) is 11.3 Å². The van der Waals surface area contributed by atoms with Crippen LogP contribution >= 0.6 is 11.6 Å². The first-order valence-corrected chi connectivity index (χ1v) is 7.63. The van der Waals surface area contributed by atoms with Crippen molar-refractivity contribution in [2.75, 3.05) is 6.54 Å². The van der Waals surface area contributed by atoms with Crippen LogP contribution in [0.25, 0.3) is 0 Å². The summed E-state index contributed by atoms with van der Waals surface area (Å²) in [5.74, 6) is -0.257. The van der Waals surface area contributed by atoms with Gasteiger partial charge in [-0.05, 0) is 36.8 Å². The highest BCUT2D eigenvalue weighted by Gasteiger charge is 2.22. The summed E-state index contributed by atoms with van der Waals surface area (Å²) in [6, 6.07) is 12.8. The molecule has 23 heavy (non-hydrogen) atoms. The minimum Gasteiger partial charge on any atom is -0.350 e. The Balaban J connectivity index is 2.09. The predicted octanol–water partition coefficient (Wildman–Crippen LogP) is 3.62. The van der Waals surface area contributed by atoms with Crippen LogP contribution in [0.15, 0.2) is 36.4 Å². The first-order valence-electron chi connectivity index (χ1n) is 7.25. The molecule has 0 aliphatic rings. The van der Waals surface area contributed by atoms with Crippen LogP contribution in [-0.4, -0.2) is 17.4 Å². The quantitative estimate of drug-likeness (QED) is 0.932. The van der Waals surface area contributed by atoms with Crippen molar-refractivity contribution in [3.8, 4) is 6.07 Å². The molecule has 0 unspecified atom stereocenters. The molecule has 4 nitrogen and oxygen atoms in total. The van der Waals surface area contributed by atoms with Crippen molar-refractivity contribution in [3.63, 3.8) is 0 Å². The molecule has 0 aliphatic heterocycles. The molecule has 2 aromatic rings. The van der Waals surface area contributed by atoms with E-state index < -0.39 is 0 Å². The van der Waals surface area contributed by atoms with Crippen molar-refractivity contribution >= 4 is 17.5 Å². The summed E-state index contributed by atoms with van der Waals surface area (Å²) < 4.78 is 0. The van der Waals surface area contributed by atoms with Crippen LogP contribution in [0, 0.1) is 18.3 Å². The smallest absolute Gasteiger partial charge is 0.269 e. The van der Waals surface area contributed by atoms with Crippen molar-refractivity contribution < 1.29 is 4.79 Å². The molecule has 0 bridgehead atoms. The molecule has 0 saturated carbocycles. The van der Waals surface area contributed by atoms with E-state index in [1.807, 2.05) is 44.2 Å². The second-order valence-electron chi connectivity index (χ2n) is 6.02. The fraction of sp³-hybridized carbons (Fsp3) is 0.278. The molecule has 1 amide bonds. The van der Waals surface area contributed by atoms with Crippen LogP contribution in [0.5, 0.6) is 0 Å². The maximum absolute atomic E-state index is 12.3. The zero-order valence-electron chi connectivity index (χ0n) is 13.4. The van der Waals surface area contributed by atoms with E-state index in [-0.39, 0.29) is 11.3 Å². The maximum Gasteiger partial charge on any atom is 0.269 e. The molecule has 0 fully saturated rings. The molecular weight excluding hydrogens is 310 g/mol. The average Bonchev–Trinajstić information content (AvgIpc) is 2.52.